The minimum atomic E-state index is -0.432. The summed E-state index contributed by atoms with van der Waals surface area (Å²) in [6, 6.07) is 10.6. The molecule has 124 valence electrons. The van der Waals surface area contributed by atoms with E-state index in [1.165, 1.54) is 11.1 Å². The number of aromatic nitrogens is 2. The molecule has 0 spiro atoms. The van der Waals surface area contributed by atoms with Gasteiger partial charge in [-0.2, -0.15) is 0 Å². The fourth-order valence-corrected chi connectivity index (χ4v) is 3.95. The van der Waals surface area contributed by atoms with E-state index in [9.17, 15) is 5.11 Å². The Morgan fingerprint density at radius 2 is 2.08 bits per heavy atom. The number of nitrogens with one attached hydrogen (secondary N) is 1. The van der Waals surface area contributed by atoms with E-state index in [0.29, 0.717) is 13.1 Å². The Balaban J connectivity index is 1.34. The number of aliphatic hydroxyl groups is 1. The molecule has 2 N–H and O–H groups in total. The number of hydrogen-bond acceptors (Lipinski definition) is 6. The van der Waals surface area contributed by atoms with Crippen LogP contribution in [0.3, 0.4) is 0 Å². The summed E-state index contributed by atoms with van der Waals surface area (Å²) in [5.74, 6) is 0.796. The molecule has 0 amide bonds. The van der Waals surface area contributed by atoms with Gasteiger partial charge in [-0.1, -0.05) is 24.3 Å². The summed E-state index contributed by atoms with van der Waals surface area (Å²) in [7, 11) is 0. The summed E-state index contributed by atoms with van der Waals surface area (Å²) >= 11 is 1.60. The topological polar surface area (TPSA) is 61.3 Å². The van der Waals surface area contributed by atoms with Crippen LogP contribution < -0.4 is 5.32 Å². The second-order valence-electron chi connectivity index (χ2n) is 6.15. The van der Waals surface area contributed by atoms with Crippen molar-refractivity contribution >= 4 is 27.4 Å². The van der Waals surface area contributed by atoms with Gasteiger partial charge >= 0.3 is 0 Å². The third kappa shape index (κ3) is 3.26. The fraction of sp³-hybridized carbons (Fsp3) is 0.333. The van der Waals surface area contributed by atoms with Crippen LogP contribution >= 0.6 is 11.3 Å². The van der Waals surface area contributed by atoms with Crippen molar-refractivity contribution in [3.8, 4) is 0 Å². The molecule has 0 saturated heterocycles. The molecule has 1 aromatic carbocycles. The number of thiophene rings is 1. The molecule has 6 heteroatoms. The van der Waals surface area contributed by atoms with E-state index in [-0.39, 0.29) is 0 Å². The van der Waals surface area contributed by atoms with Gasteiger partial charge in [-0.3, -0.25) is 4.90 Å². The maximum atomic E-state index is 10.4. The highest BCUT2D eigenvalue weighted by Crippen LogP contribution is 2.23. The lowest BCUT2D eigenvalue weighted by molar-refractivity contribution is 0.114. The van der Waals surface area contributed by atoms with Gasteiger partial charge in [-0.15, -0.1) is 11.3 Å². The highest BCUT2D eigenvalue weighted by Gasteiger charge is 2.18. The molecule has 1 atom stereocenters. The highest BCUT2D eigenvalue weighted by atomic mass is 32.1. The van der Waals surface area contributed by atoms with E-state index in [1.807, 2.05) is 11.4 Å². The minimum Gasteiger partial charge on any atom is -0.390 e. The van der Waals surface area contributed by atoms with E-state index < -0.39 is 6.10 Å². The Bertz CT molecular complexity index is 835. The van der Waals surface area contributed by atoms with Crippen molar-refractivity contribution in [3.63, 3.8) is 0 Å². The van der Waals surface area contributed by atoms with E-state index in [0.717, 1.165) is 35.5 Å². The molecule has 0 bridgehead atoms. The van der Waals surface area contributed by atoms with Crippen LogP contribution in [0.15, 0.2) is 42.0 Å². The predicted molar refractivity (Wildman–Crippen MR) is 97.3 cm³/mol. The molecule has 1 unspecified atom stereocenters. The van der Waals surface area contributed by atoms with Gasteiger partial charge in [-0.05, 0) is 29.0 Å². The van der Waals surface area contributed by atoms with Crippen molar-refractivity contribution in [2.24, 2.45) is 0 Å². The second-order valence-corrected chi connectivity index (χ2v) is 7.04. The lowest BCUT2D eigenvalue weighted by atomic mass is 10.00. The highest BCUT2D eigenvalue weighted by molar-refractivity contribution is 7.16. The molecule has 3 heterocycles. The third-order valence-corrected chi connectivity index (χ3v) is 5.27. The number of benzene rings is 1. The predicted octanol–water partition coefficient (Wildman–Crippen LogP) is 2.52. The van der Waals surface area contributed by atoms with Crippen LogP contribution in [0.4, 0.5) is 5.82 Å². The number of hydrogen-bond donors (Lipinski definition) is 2. The maximum absolute atomic E-state index is 10.4. The van der Waals surface area contributed by atoms with Gasteiger partial charge in [-0.25, -0.2) is 9.97 Å². The lowest BCUT2D eigenvalue weighted by Crippen LogP contribution is -2.39. The van der Waals surface area contributed by atoms with Gasteiger partial charge in [0.25, 0.3) is 0 Å². The van der Waals surface area contributed by atoms with Crippen molar-refractivity contribution in [3.05, 3.63) is 53.2 Å². The van der Waals surface area contributed by atoms with Crippen molar-refractivity contribution in [1.82, 2.24) is 14.9 Å². The van der Waals surface area contributed by atoms with Crippen LogP contribution in [-0.2, 0) is 13.0 Å². The van der Waals surface area contributed by atoms with E-state index in [1.54, 1.807) is 17.7 Å². The molecule has 0 saturated carbocycles. The average molecular weight is 340 g/mol. The van der Waals surface area contributed by atoms with Crippen LogP contribution in [0.2, 0.25) is 0 Å². The Morgan fingerprint density at radius 1 is 1.21 bits per heavy atom. The van der Waals surface area contributed by atoms with Crippen LogP contribution in [0.25, 0.3) is 10.2 Å². The molecule has 0 aliphatic carbocycles. The fourth-order valence-electron chi connectivity index (χ4n) is 3.22. The maximum Gasteiger partial charge on any atom is 0.138 e. The summed E-state index contributed by atoms with van der Waals surface area (Å²) in [6.45, 7) is 3.06. The van der Waals surface area contributed by atoms with Crippen molar-refractivity contribution in [1.29, 1.82) is 0 Å². The van der Waals surface area contributed by atoms with Crippen LogP contribution in [0, 0.1) is 0 Å². The first-order chi connectivity index (χ1) is 11.8. The zero-order chi connectivity index (χ0) is 16.4. The Hall–Kier alpha value is -2.02. The van der Waals surface area contributed by atoms with Crippen molar-refractivity contribution < 1.29 is 5.11 Å². The number of rotatable bonds is 5. The number of fused-ring (bicyclic) bond motifs is 2. The largest absolute Gasteiger partial charge is 0.390 e. The molecule has 0 fully saturated rings. The Kier molecular flexibility index (Phi) is 4.42. The summed E-state index contributed by atoms with van der Waals surface area (Å²) in [4.78, 5) is 11.8. The smallest absolute Gasteiger partial charge is 0.138 e. The van der Waals surface area contributed by atoms with Crippen LogP contribution in [-0.4, -0.2) is 45.7 Å². The van der Waals surface area contributed by atoms with Gasteiger partial charge < -0.3 is 10.4 Å². The van der Waals surface area contributed by atoms with Gasteiger partial charge in [0.15, 0.2) is 0 Å². The first kappa shape index (κ1) is 15.5. The molecular weight excluding hydrogens is 320 g/mol. The minimum absolute atomic E-state index is 0.432. The first-order valence-electron chi connectivity index (χ1n) is 8.19. The van der Waals surface area contributed by atoms with E-state index >= 15 is 0 Å². The molecule has 1 aliphatic rings. The quantitative estimate of drug-likeness (QED) is 0.747. The zero-order valence-corrected chi connectivity index (χ0v) is 14.2. The van der Waals surface area contributed by atoms with Gasteiger partial charge in [0, 0.05) is 26.2 Å². The number of nitrogens with zero attached hydrogens (tertiary/aromatic N) is 3. The monoisotopic (exact) mass is 340 g/mol. The summed E-state index contributed by atoms with van der Waals surface area (Å²) < 4.78 is 0. The normalized spacial score (nSPS) is 16.0. The van der Waals surface area contributed by atoms with Gasteiger partial charge in [0.05, 0.1) is 11.5 Å². The van der Waals surface area contributed by atoms with Crippen molar-refractivity contribution in [2.75, 3.05) is 25.0 Å². The van der Waals surface area contributed by atoms with Crippen molar-refractivity contribution in [2.45, 2.75) is 19.1 Å². The molecule has 24 heavy (non-hydrogen) atoms. The van der Waals surface area contributed by atoms with Crippen LogP contribution in [0.5, 0.6) is 0 Å². The van der Waals surface area contributed by atoms with Crippen LogP contribution in [0.1, 0.15) is 11.1 Å². The summed E-state index contributed by atoms with van der Waals surface area (Å²) in [6.07, 6.45) is 2.19. The van der Waals surface area contributed by atoms with Gasteiger partial charge in [0.2, 0.25) is 0 Å². The molecule has 5 nitrogen and oxygen atoms in total. The number of aliphatic hydroxyl groups excluding tert-OH is 1. The number of anilines is 1. The molecule has 3 aromatic rings. The SMILES string of the molecule is OC(CNc1ncnc2sccc12)CN1CCc2ccccc2C1. The standard InChI is InChI=1S/C18H20N4OS/c23-15(9-19-17-16-6-8-24-18(16)21-12-20-17)11-22-7-5-13-3-1-2-4-14(13)10-22/h1-4,6,8,12,15,23H,5,7,9-11H2,(H,19,20,21). The summed E-state index contributed by atoms with van der Waals surface area (Å²) in [5, 5.41) is 16.7. The lowest BCUT2D eigenvalue weighted by Gasteiger charge is -2.30. The Labute approximate surface area is 145 Å². The molecule has 0 radical (unpaired) electrons. The second kappa shape index (κ2) is 6.84. The third-order valence-electron chi connectivity index (χ3n) is 4.45. The number of β-amino-alcohol motifs (C(OH)–C–C–N with tert-alkyl or cyclic N) is 1. The Morgan fingerprint density at radius 3 is 3.00 bits per heavy atom. The van der Waals surface area contributed by atoms with E-state index in [4.69, 9.17) is 0 Å². The van der Waals surface area contributed by atoms with Gasteiger partial charge in [0.1, 0.15) is 17.0 Å². The summed E-state index contributed by atoms with van der Waals surface area (Å²) in [5.41, 5.74) is 2.81. The average Bonchev–Trinajstić information content (AvgIpc) is 3.09. The van der Waals surface area contributed by atoms with E-state index in [2.05, 4.69) is 44.5 Å². The molecule has 2 aromatic heterocycles. The molecule has 1 aliphatic heterocycles. The molecular formula is C18H20N4OS. The zero-order valence-electron chi connectivity index (χ0n) is 13.4. The molecule has 4 rings (SSSR count). The first-order valence-corrected chi connectivity index (χ1v) is 9.07.